The molecular weight excluding hydrogens is 230 g/mol. The second-order valence-corrected chi connectivity index (χ2v) is 5.19. The van der Waals surface area contributed by atoms with E-state index < -0.39 is 0 Å². The minimum Gasteiger partial charge on any atom is -0.370 e. The van der Waals surface area contributed by atoms with E-state index in [9.17, 15) is 4.79 Å². The van der Waals surface area contributed by atoms with E-state index in [1.807, 2.05) is 13.8 Å². The zero-order valence-corrected chi connectivity index (χ0v) is 11.1. The van der Waals surface area contributed by atoms with E-state index in [1.54, 1.807) is 0 Å². The maximum Gasteiger partial charge on any atom is 0.217 e. The zero-order valence-electron chi connectivity index (χ0n) is 11.1. The monoisotopic (exact) mass is 251 g/mol. The van der Waals surface area contributed by atoms with Crippen molar-refractivity contribution in [2.24, 2.45) is 11.7 Å². The number of primary amides is 1. The number of aryl methyl sites for hydroxylation is 2. The molecule has 1 amide bonds. The third-order valence-corrected chi connectivity index (χ3v) is 3.76. The maximum atomic E-state index is 10.9. The summed E-state index contributed by atoms with van der Waals surface area (Å²) in [5.41, 5.74) is 7.41. The van der Waals surface area contributed by atoms with Crippen molar-refractivity contribution in [3.8, 4) is 0 Å². The van der Waals surface area contributed by atoms with Crippen molar-refractivity contribution in [2.45, 2.75) is 39.7 Å². The third-order valence-electron chi connectivity index (χ3n) is 3.76. The number of piperidine rings is 1. The molecule has 1 fully saturated rings. The van der Waals surface area contributed by atoms with Gasteiger partial charge in [-0.05, 0) is 45.7 Å². The first-order valence-corrected chi connectivity index (χ1v) is 6.48. The van der Waals surface area contributed by atoms with Gasteiger partial charge in [0.15, 0.2) is 0 Å². The average Bonchev–Trinajstić information content (AvgIpc) is 2.63. The fourth-order valence-electron chi connectivity index (χ4n) is 2.58. The van der Waals surface area contributed by atoms with E-state index in [4.69, 9.17) is 10.3 Å². The molecule has 0 aliphatic carbocycles. The van der Waals surface area contributed by atoms with Crippen LogP contribution in [0.4, 0.5) is 0 Å². The van der Waals surface area contributed by atoms with Crippen LogP contribution >= 0.6 is 0 Å². The number of carbonyl (C=O) groups excluding carboxylic acids is 1. The number of hydrogen-bond donors (Lipinski definition) is 1. The Morgan fingerprint density at radius 1 is 1.44 bits per heavy atom. The molecule has 2 N–H and O–H groups in total. The number of carbonyl (C=O) groups is 1. The van der Waals surface area contributed by atoms with E-state index in [1.165, 1.54) is 5.56 Å². The van der Waals surface area contributed by atoms with Crippen LogP contribution in [0.5, 0.6) is 0 Å². The molecular formula is C13H21N3O2. The first kappa shape index (κ1) is 13.1. The number of aromatic nitrogens is 1. The van der Waals surface area contributed by atoms with Crippen molar-refractivity contribution in [2.75, 3.05) is 13.1 Å². The van der Waals surface area contributed by atoms with Gasteiger partial charge in [0.25, 0.3) is 0 Å². The highest BCUT2D eigenvalue weighted by Crippen LogP contribution is 2.23. The first-order valence-electron chi connectivity index (χ1n) is 6.48. The molecule has 5 heteroatoms. The van der Waals surface area contributed by atoms with Crippen LogP contribution in [0.25, 0.3) is 0 Å². The maximum absolute atomic E-state index is 10.9. The van der Waals surface area contributed by atoms with Gasteiger partial charge in [0, 0.05) is 18.5 Å². The Morgan fingerprint density at radius 2 is 2.11 bits per heavy atom. The Bertz CT molecular complexity index is 400. The predicted molar refractivity (Wildman–Crippen MR) is 67.8 cm³/mol. The number of nitrogens with two attached hydrogens (primary N) is 1. The Kier molecular flexibility index (Phi) is 4.01. The second-order valence-electron chi connectivity index (χ2n) is 5.19. The van der Waals surface area contributed by atoms with Gasteiger partial charge in [-0.25, -0.2) is 0 Å². The topological polar surface area (TPSA) is 72.4 Å². The predicted octanol–water partition coefficient (Wildman–Crippen LogP) is 1.38. The number of rotatable bonds is 4. The Morgan fingerprint density at radius 3 is 2.61 bits per heavy atom. The van der Waals surface area contributed by atoms with Gasteiger partial charge in [-0.2, -0.15) is 0 Å². The molecule has 1 saturated heterocycles. The third kappa shape index (κ3) is 3.10. The largest absolute Gasteiger partial charge is 0.370 e. The summed E-state index contributed by atoms with van der Waals surface area (Å²) >= 11 is 0. The summed E-state index contributed by atoms with van der Waals surface area (Å²) < 4.78 is 5.17. The highest BCUT2D eigenvalue weighted by molar-refractivity contribution is 5.73. The summed E-state index contributed by atoms with van der Waals surface area (Å²) in [6, 6.07) is 0. The van der Waals surface area contributed by atoms with Crippen LogP contribution in [-0.2, 0) is 11.3 Å². The van der Waals surface area contributed by atoms with E-state index in [2.05, 4.69) is 10.1 Å². The molecule has 1 aliphatic rings. The summed E-state index contributed by atoms with van der Waals surface area (Å²) in [4.78, 5) is 13.3. The van der Waals surface area contributed by atoms with Crippen LogP contribution in [0, 0.1) is 19.8 Å². The highest BCUT2D eigenvalue weighted by atomic mass is 16.5. The zero-order chi connectivity index (χ0) is 13.1. The molecule has 1 aromatic rings. The van der Waals surface area contributed by atoms with Crippen molar-refractivity contribution < 1.29 is 9.32 Å². The lowest BCUT2D eigenvalue weighted by Crippen LogP contribution is -2.34. The molecule has 0 bridgehead atoms. The summed E-state index contributed by atoms with van der Waals surface area (Å²) in [7, 11) is 0. The van der Waals surface area contributed by atoms with Gasteiger partial charge in [0.1, 0.15) is 5.76 Å². The molecule has 100 valence electrons. The van der Waals surface area contributed by atoms with Gasteiger partial charge >= 0.3 is 0 Å². The number of likely N-dealkylation sites (tertiary alicyclic amines) is 1. The van der Waals surface area contributed by atoms with Gasteiger partial charge < -0.3 is 10.3 Å². The molecule has 2 heterocycles. The van der Waals surface area contributed by atoms with Crippen molar-refractivity contribution in [3.05, 3.63) is 17.0 Å². The van der Waals surface area contributed by atoms with Crippen LogP contribution in [0.1, 0.15) is 36.3 Å². The number of nitrogens with zero attached hydrogens (tertiary/aromatic N) is 2. The second kappa shape index (κ2) is 5.52. The van der Waals surface area contributed by atoms with Crippen molar-refractivity contribution in [1.82, 2.24) is 10.1 Å². The summed E-state index contributed by atoms with van der Waals surface area (Å²) in [5.74, 6) is 1.19. The Labute approximate surface area is 107 Å². The smallest absolute Gasteiger partial charge is 0.217 e. The molecule has 0 spiro atoms. The van der Waals surface area contributed by atoms with E-state index in [0.717, 1.165) is 43.9 Å². The Balaban J connectivity index is 1.85. The van der Waals surface area contributed by atoms with Gasteiger partial charge in [-0.1, -0.05) is 5.16 Å². The lowest BCUT2D eigenvalue weighted by Gasteiger charge is -2.31. The quantitative estimate of drug-likeness (QED) is 0.877. The van der Waals surface area contributed by atoms with Gasteiger partial charge in [0.2, 0.25) is 5.91 Å². The molecule has 0 unspecified atom stereocenters. The van der Waals surface area contributed by atoms with Crippen LogP contribution in [-0.4, -0.2) is 29.1 Å². The van der Waals surface area contributed by atoms with Crippen molar-refractivity contribution in [1.29, 1.82) is 0 Å². The molecule has 0 aromatic carbocycles. The molecule has 18 heavy (non-hydrogen) atoms. The molecule has 5 nitrogen and oxygen atoms in total. The van der Waals surface area contributed by atoms with Crippen LogP contribution < -0.4 is 5.73 Å². The highest BCUT2D eigenvalue weighted by Gasteiger charge is 2.22. The molecule has 0 radical (unpaired) electrons. The van der Waals surface area contributed by atoms with E-state index >= 15 is 0 Å². The van der Waals surface area contributed by atoms with Crippen molar-refractivity contribution in [3.63, 3.8) is 0 Å². The van der Waals surface area contributed by atoms with Crippen molar-refractivity contribution >= 4 is 5.91 Å². The average molecular weight is 251 g/mol. The molecule has 1 aliphatic heterocycles. The fourth-order valence-corrected chi connectivity index (χ4v) is 2.58. The number of amides is 1. The normalized spacial score (nSPS) is 18.1. The summed E-state index contributed by atoms with van der Waals surface area (Å²) in [6.07, 6.45) is 2.62. The minimum absolute atomic E-state index is 0.181. The lowest BCUT2D eigenvalue weighted by molar-refractivity contribution is -0.119. The van der Waals surface area contributed by atoms with Gasteiger partial charge in [0.05, 0.1) is 5.69 Å². The van der Waals surface area contributed by atoms with E-state index in [0.29, 0.717) is 12.3 Å². The number of hydrogen-bond acceptors (Lipinski definition) is 4. The lowest BCUT2D eigenvalue weighted by atomic mass is 9.93. The molecule has 0 atom stereocenters. The molecule has 0 saturated carbocycles. The molecule has 1 aromatic heterocycles. The molecule has 2 rings (SSSR count). The summed E-state index contributed by atoms with van der Waals surface area (Å²) in [6.45, 7) is 6.86. The van der Waals surface area contributed by atoms with Crippen LogP contribution in [0.2, 0.25) is 0 Å². The van der Waals surface area contributed by atoms with Crippen LogP contribution in [0.3, 0.4) is 0 Å². The van der Waals surface area contributed by atoms with Gasteiger partial charge in [-0.3, -0.25) is 9.69 Å². The van der Waals surface area contributed by atoms with E-state index in [-0.39, 0.29) is 5.91 Å². The standard InChI is InChI=1S/C13H21N3O2/c1-9-12(10(2)18-15-9)8-16-5-3-11(4-6-16)7-13(14)17/h11H,3-8H2,1-2H3,(H2,14,17). The Hall–Kier alpha value is -1.36. The fraction of sp³-hybridized carbons (Fsp3) is 0.692. The SMILES string of the molecule is Cc1noc(C)c1CN1CCC(CC(N)=O)CC1. The first-order chi connectivity index (χ1) is 8.56. The van der Waals surface area contributed by atoms with Gasteiger partial charge in [-0.15, -0.1) is 0 Å². The summed E-state index contributed by atoms with van der Waals surface area (Å²) in [5, 5.41) is 3.97. The van der Waals surface area contributed by atoms with Crippen LogP contribution in [0.15, 0.2) is 4.52 Å². The minimum atomic E-state index is -0.181.